The minimum atomic E-state index is -0.791. The van der Waals surface area contributed by atoms with Crippen LogP contribution in [0, 0.1) is 25.2 Å². The molecule has 1 fully saturated rings. The van der Waals surface area contributed by atoms with Crippen molar-refractivity contribution in [2.45, 2.75) is 59.5 Å². The summed E-state index contributed by atoms with van der Waals surface area (Å²) in [4.78, 5) is 33.1. The molecule has 10 nitrogen and oxygen atoms in total. The highest BCUT2D eigenvalue weighted by Gasteiger charge is 2.43. The zero-order valence-electron chi connectivity index (χ0n) is 21.5. The molecule has 3 aromatic rings. The van der Waals surface area contributed by atoms with Crippen molar-refractivity contribution in [1.29, 1.82) is 0 Å². The van der Waals surface area contributed by atoms with Crippen LogP contribution in [0.15, 0.2) is 41.2 Å². The predicted molar refractivity (Wildman–Crippen MR) is 135 cm³/mol. The molecular formula is C27H32N4O6. The first-order valence-electron chi connectivity index (χ1n) is 12.4. The fraction of sp³-hybridized carbons (Fsp3) is 0.444. The van der Waals surface area contributed by atoms with Crippen LogP contribution in [-0.4, -0.2) is 38.9 Å². The molecule has 0 radical (unpaired) electrons. The molecule has 2 N–H and O–H groups in total. The van der Waals surface area contributed by atoms with Crippen LogP contribution in [0.2, 0.25) is 0 Å². The Kier molecular flexibility index (Phi) is 7.75. The molecule has 0 bridgehead atoms. The highest BCUT2D eigenvalue weighted by molar-refractivity contribution is 5.90. The summed E-state index contributed by atoms with van der Waals surface area (Å²) in [6, 6.07) is 7.09. The number of nitrogens with one attached hydrogen (secondary N) is 1. The van der Waals surface area contributed by atoms with Crippen molar-refractivity contribution >= 4 is 17.7 Å². The van der Waals surface area contributed by atoms with Crippen LogP contribution in [-0.2, 0) is 9.53 Å². The van der Waals surface area contributed by atoms with Gasteiger partial charge in [-0.05, 0) is 58.7 Å². The van der Waals surface area contributed by atoms with Gasteiger partial charge in [0.15, 0.2) is 0 Å². The molecule has 0 aromatic carbocycles. The van der Waals surface area contributed by atoms with Crippen LogP contribution < -0.4 is 10.1 Å². The average molecular weight is 509 g/mol. The van der Waals surface area contributed by atoms with E-state index < -0.39 is 23.6 Å². The Labute approximate surface area is 215 Å². The predicted octanol–water partition coefficient (Wildman–Crippen LogP) is 5.72. The molecule has 3 atom stereocenters. The number of hydrogen-bond donors (Lipinski definition) is 2. The summed E-state index contributed by atoms with van der Waals surface area (Å²) in [7, 11) is 0. The van der Waals surface area contributed by atoms with Gasteiger partial charge in [-0.1, -0.05) is 24.1 Å². The quantitative estimate of drug-likeness (QED) is 0.391. The number of carboxylic acids is 1. The second-order valence-electron chi connectivity index (χ2n) is 9.69. The Morgan fingerprint density at radius 1 is 1.24 bits per heavy atom. The maximum absolute atomic E-state index is 12.6. The number of carbonyl (C=O) groups is 2. The third kappa shape index (κ3) is 5.73. The van der Waals surface area contributed by atoms with Gasteiger partial charge in [-0.15, -0.1) is 0 Å². The van der Waals surface area contributed by atoms with Crippen molar-refractivity contribution in [2.24, 2.45) is 11.3 Å². The molecule has 1 aliphatic rings. The Hall–Kier alpha value is -3.95. The van der Waals surface area contributed by atoms with Crippen molar-refractivity contribution < 1.29 is 28.7 Å². The van der Waals surface area contributed by atoms with Crippen LogP contribution in [0.25, 0.3) is 11.5 Å². The number of nitrogens with zero attached hydrogens (tertiary/aromatic N) is 3. The summed E-state index contributed by atoms with van der Waals surface area (Å²) < 4.78 is 17.0. The van der Waals surface area contributed by atoms with E-state index in [1.165, 1.54) is 0 Å². The molecule has 3 heterocycles. The lowest BCUT2D eigenvalue weighted by Crippen LogP contribution is -2.41. The summed E-state index contributed by atoms with van der Waals surface area (Å²) in [6.07, 6.45) is 5.51. The van der Waals surface area contributed by atoms with Crippen molar-refractivity contribution in [3.8, 4) is 17.2 Å². The lowest BCUT2D eigenvalue weighted by molar-refractivity contribution is -0.154. The standard InChI is InChI=1S/C27H32N4O6/c1-16-22(35-15-20-9-5-6-12-27(20,4)25(32)33)11-10-21(29-16)24-23(17(2)31-37-24)30-26(34)36-18(3)19-8-7-13-28-14-19/h7-8,10-11,13-14,18,20H,5-6,9,12,15H2,1-4H3,(H,30,34)(H,32,33)/t18-,20-,27+/m1/s1. The normalized spacial score (nSPS) is 20.2. The number of aryl methyl sites for hydroxylation is 2. The SMILES string of the molecule is Cc1nc(-c2onc(C)c2NC(=O)O[C@H](C)c2cccnc2)ccc1OC[C@H]1CCCC[C@]1(C)C(=O)O. The number of amides is 1. The van der Waals surface area contributed by atoms with Crippen LogP contribution in [0.5, 0.6) is 5.75 Å². The molecule has 1 aliphatic carbocycles. The third-order valence-corrected chi connectivity index (χ3v) is 7.13. The number of aromatic nitrogens is 3. The van der Waals surface area contributed by atoms with E-state index in [0.717, 1.165) is 24.8 Å². The van der Waals surface area contributed by atoms with Gasteiger partial charge >= 0.3 is 12.1 Å². The van der Waals surface area contributed by atoms with E-state index in [1.54, 1.807) is 58.3 Å². The van der Waals surface area contributed by atoms with Gasteiger partial charge in [0.1, 0.15) is 28.9 Å². The van der Waals surface area contributed by atoms with E-state index in [4.69, 9.17) is 14.0 Å². The molecule has 0 saturated heterocycles. The molecule has 1 saturated carbocycles. The lowest BCUT2D eigenvalue weighted by Gasteiger charge is -2.37. The van der Waals surface area contributed by atoms with Gasteiger partial charge in [0.25, 0.3) is 0 Å². The largest absolute Gasteiger partial charge is 0.491 e. The van der Waals surface area contributed by atoms with E-state index in [9.17, 15) is 14.7 Å². The van der Waals surface area contributed by atoms with Gasteiger partial charge in [0.05, 0.1) is 17.7 Å². The van der Waals surface area contributed by atoms with Gasteiger partial charge in [-0.3, -0.25) is 15.1 Å². The zero-order valence-corrected chi connectivity index (χ0v) is 21.5. The number of aliphatic carboxylic acids is 1. The summed E-state index contributed by atoms with van der Waals surface area (Å²) in [6.45, 7) is 7.38. The van der Waals surface area contributed by atoms with Crippen molar-refractivity contribution in [3.63, 3.8) is 0 Å². The summed E-state index contributed by atoms with van der Waals surface area (Å²) >= 11 is 0. The van der Waals surface area contributed by atoms with E-state index in [2.05, 4.69) is 20.4 Å². The highest BCUT2D eigenvalue weighted by atomic mass is 16.6. The first kappa shape index (κ1) is 26.1. The second kappa shape index (κ2) is 11.0. The van der Waals surface area contributed by atoms with Gasteiger partial charge in [0, 0.05) is 23.9 Å². The monoisotopic (exact) mass is 508 g/mol. The Morgan fingerprint density at radius 2 is 2.05 bits per heavy atom. The smallest absolute Gasteiger partial charge is 0.412 e. The number of pyridine rings is 2. The molecule has 0 aliphatic heterocycles. The zero-order chi connectivity index (χ0) is 26.6. The Bertz CT molecular complexity index is 1260. The number of carbonyl (C=O) groups excluding carboxylic acids is 1. The fourth-order valence-corrected chi connectivity index (χ4v) is 4.64. The van der Waals surface area contributed by atoms with Crippen LogP contribution >= 0.6 is 0 Å². The Balaban J connectivity index is 1.45. The van der Waals surface area contributed by atoms with E-state index in [0.29, 0.717) is 47.3 Å². The second-order valence-corrected chi connectivity index (χ2v) is 9.69. The number of anilines is 1. The van der Waals surface area contributed by atoms with E-state index in [-0.39, 0.29) is 5.92 Å². The number of ether oxygens (including phenoxy) is 2. The van der Waals surface area contributed by atoms with E-state index in [1.807, 2.05) is 6.07 Å². The van der Waals surface area contributed by atoms with Gasteiger partial charge in [-0.2, -0.15) is 0 Å². The first-order valence-corrected chi connectivity index (χ1v) is 12.4. The highest BCUT2D eigenvalue weighted by Crippen LogP contribution is 2.42. The molecule has 196 valence electrons. The van der Waals surface area contributed by atoms with Gasteiger partial charge in [-0.25, -0.2) is 9.78 Å². The maximum Gasteiger partial charge on any atom is 0.412 e. The van der Waals surface area contributed by atoms with Gasteiger partial charge < -0.3 is 19.1 Å². The molecular weight excluding hydrogens is 476 g/mol. The molecule has 1 amide bonds. The topological polar surface area (TPSA) is 137 Å². The van der Waals surface area contributed by atoms with Gasteiger partial charge in [0.2, 0.25) is 5.76 Å². The number of hydrogen-bond acceptors (Lipinski definition) is 8. The maximum atomic E-state index is 12.6. The molecule has 10 heteroatoms. The summed E-state index contributed by atoms with van der Waals surface area (Å²) in [5.74, 6) is 0.00655. The van der Waals surface area contributed by atoms with Crippen LogP contribution in [0.4, 0.5) is 10.5 Å². The summed E-state index contributed by atoms with van der Waals surface area (Å²) in [5.41, 5.74) is 1.90. The first-order chi connectivity index (χ1) is 17.7. The molecule has 3 aromatic heterocycles. The van der Waals surface area contributed by atoms with Crippen molar-refractivity contribution in [2.75, 3.05) is 11.9 Å². The van der Waals surface area contributed by atoms with Crippen molar-refractivity contribution in [3.05, 3.63) is 53.6 Å². The van der Waals surface area contributed by atoms with Crippen LogP contribution in [0.1, 0.15) is 62.6 Å². The van der Waals surface area contributed by atoms with E-state index >= 15 is 0 Å². The average Bonchev–Trinajstić information content (AvgIpc) is 3.24. The third-order valence-electron chi connectivity index (χ3n) is 7.13. The lowest BCUT2D eigenvalue weighted by atomic mass is 9.68. The minimum Gasteiger partial charge on any atom is -0.491 e. The van der Waals surface area contributed by atoms with Crippen molar-refractivity contribution in [1.82, 2.24) is 15.1 Å². The minimum absolute atomic E-state index is 0.0781. The summed E-state index contributed by atoms with van der Waals surface area (Å²) in [5, 5.41) is 16.5. The Morgan fingerprint density at radius 3 is 2.76 bits per heavy atom. The van der Waals surface area contributed by atoms with Crippen LogP contribution in [0.3, 0.4) is 0 Å². The molecule has 37 heavy (non-hydrogen) atoms. The molecule has 0 unspecified atom stereocenters. The number of carboxylic acid groups (broad SMARTS) is 1. The molecule has 0 spiro atoms. The number of rotatable bonds is 8. The molecule has 4 rings (SSSR count). The fourth-order valence-electron chi connectivity index (χ4n) is 4.64.